The molecule has 114 valence electrons. The van der Waals surface area contributed by atoms with Gasteiger partial charge in [0.05, 0.1) is 7.11 Å². The van der Waals surface area contributed by atoms with Crippen molar-refractivity contribution in [2.24, 2.45) is 0 Å². The van der Waals surface area contributed by atoms with Crippen molar-refractivity contribution >= 4 is 19.7 Å². The Balaban J connectivity index is 2.61. The van der Waals surface area contributed by atoms with E-state index in [1.165, 1.54) is 29.9 Å². The van der Waals surface area contributed by atoms with Crippen molar-refractivity contribution in [1.29, 1.82) is 0 Å². The lowest BCUT2D eigenvalue weighted by molar-refractivity contribution is 0.386. The molecule has 0 radical (unpaired) electrons. The summed E-state index contributed by atoms with van der Waals surface area (Å²) in [6.45, 7) is 2.24. The van der Waals surface area contributed by atoms with Gasteiger partial charge in [-0.15, -0.1) is 10.2 Å². The third-order valence-electron chi connectivity index (χ3n) is 2.79. The summed E-state index contributed by atoms with van der Waals surface area (Å²) in [6, 6.07) is 4.11. The third-order valence-corrected chi connectivity index (χ3v) is 3.94. The molecule has 0 spiro atoms. The van der Waals surface area contributed by atoms with Gasteiger partial charge in [0.1, 0.15) is 0 Å². The van der Waals surface area contributed by atoms with Gasteiger partial charge in [-0.3, -0.25) is 4.57 Å². The standard InChI is InChI=1S/C12H13ClFN3O3S/c1-3-6-17-11(15-16-12(17)21(13,18)19)8-4-5-9(14)10(7-8)20-2/h4-5,7H,3,6H2,1-2H3. The van der Waals surface area contributed by atoms with Crippen LogP contribution in [0.3, 0.4) is 0 Å². The average Bonchev–Trinajstić information content (AvgIpc) is 2.83. The second-order valence-corrected chi connectivity index (χ2v) is 6.70. The first-order valence-electron chi connectivity index (χ1n) is 6.10. The van der Waals surface area contributed by atoms with Crippen LogP contribution >= 0.6 is 10.7 Å². The van der Waals surface area contributed by atoms with E-state index in [4.69, 9.17) is 15.4 Å². The average molecular weight is 334 g/mol. The van der Waals surface area contributed by atoms with E-state index in [1.807, 2.05) is 6.92 Å². The molecule has 0 atom stereocenters. The Morgan fingerprint density at radius 1 is 1.38 bits per heavy atom. The van der Waals surface area contributed by atoms with Crippen molar-refractivity contribution < 1.29 is 17.5 Å². The predicted molar refractivity (Wildman–Crippen MR) is 75.3 cm³/mol. The van der Waals surface area contributed by atoms with Gasteiger partial charge >= 0.3 is 0 Å². The molecule has 2 rings (SSSR count). The Hall–Kier alpha value is -1.67. The van der Waals surface area contributed by atoms with Gasteiger partial charge in [-0.05, 0) is 24.6 Å². The molecule has 9 heteroatoms. The van der Waals surface area contributed by atoms with Crippen LogP contribution in [-0.4, -0.2) is 30.3 Å². The fourth-order valence-electron chi connectivity index (χ4n) is 1.91. The topological polar surface area (TPSA) is 74.1 Å². The molecule has 0 bridgehead atoms. The van der Waals surface area contributed by atoms with Gasteiger partial charge in [0.25, 0.3) is 14.2 Å². The van der Waals surface area contributed by atoms with Crippen molar-refractivity contribution in [2.75, 3.05) is 7.11 Å². The SMILES string of the molecule is CCCn1c(-c2ccc(F)c(OC)c2)nnc1S(=O)(=O)Cl. The largest absolute Gasteiger partial charge is 0.494 e. The van der Waals surface area contributed by atoms with Gasteiger partial charge in [0, 0.05) is 22.8 Å². The van der Waals surface area contributed by atoms with Crippen LogP contribution in [0.1, 0.15) is 13.3 Å². The Labute approximate surface area is 125 Å². The highest BCUT2D eigenvalue weighted by molar-refractivity contribution is 8.13. The first-order chi connectivity index (χ1) is 9.88. The predicted octanol–water partition coefficient (Wildman–Crippen LogP) is 2.43. The maximum atomic E-state index is 13.4. The van der Waals surface area contributed by atoms with E-state index in [-0.39, 0.29) is 16.7 Å². The van der Waals surface area contributed by atoms with Crippen LogP contribution in [0.2, 0.25) is 0 Å². The molecule has 21 heavy (non-hydrogen) atoms. The monoisotopic (exact) mass is 333 g/mol. The molecular weight excluding hydrogens is 321 g/mol. The van der Waals surface area contributed by atoms with Crippen molar-refractivity contribution in [1.82, 2.24) is 14.8 Å². The van der Waals surface area contributed by atoms with Gasteiger partial charge in [-0.25, -0.2) is 12.8 Å². The van der Waals surface area contributed by atoms with Gasteiger partial charge in [-0.2, -0.15) is 0 Å². The summed E-state index contributed by atoms with van der Waals surface area (Å²) in [4.78, 5) is 0. The zero-order valence-corrected chi connectivity index (χ0v) is 12.9. The lowest BCUT2D eigenvalue weighted by atomic mass is 10.2. The van der Waals surface area contributed by atoms with Crippen LogP contribution in [0.25, 0.3) is 11.4 Å². The summed E-state index contributed by atoms with van der Waals surface area (Å²) < 4.78 is 42.7. The van der Waals surface area contributed by atoms with Crippen molar-refractivity contribution in [2.45, 2.75) is 25.0 Å². The highest BCUT2D eigenvalue weighted by atomic mass is 35.7. The second kappa shape index (κ2) is 5.98. The number of ether oxygens (including phenoxy) is 1. The van der Waals surface area contributed by atoms with Crippen molar-refractivity contribution in [3.8, 4) is 17.1 Å². The summed E-state index contributed by atoms with van der Waals surface area (Å²) in [7, 11) is 2.68. The number of hydrogen-bond donors (Lipinski definition) is 0. The number of hydrogen-bond acceptors (Lipinski definition) is 5. The Morgan fingerprint density at radius 2 is 2.10 bits per heavy atom. The molecule has 0 aliphatic carbocycles. The van der Waals surface area contributed by atoms with E-state index in [0.717, 1.165) is 0 Å². The van der Waals surface area contributed by atoms with Crippen LogP contribution in [0, 0.1) is 5.82 Å². The Morgan fingerprint density at radius 3 is 2.67 bits per heavy atom. The highest BCUT2D eigenvalue weighted by Gasteiger charge is 2.23. The summed E-state index contributed by atoms with van der Waals surface area (Å²) in [5.41, 5.74) is 0.487. The smallest absolute Gasteiger partial charge is 0.296 e. The summed E-state index contributed by atoms with van der Waals surface area (Å²) >= 11 is 0. The quantitative estimate of drug-likeness (QED) is 0.786. The zero-order chi connectivity index (χ0) is 15.6. The van der Waals surface area contributed by atoms with Gasteiger partial charge in [0.2, 0.25) is 0 Å². The van der Waals surface area contributed by atoms with E-state index in [1.54, 1.807) is 0 Å². The normalized spacial score (nSPS) is 11.6. The molecule has 0 fully saturated rings. The van der Waals surface area contributed by atoms with Crippen LogP contribution in [0.5, 0.6) is 5.75 Å². The Bertz CT molecular complexity index is 761. The molecule has 0 saturated heterocycles. The summed E-state index contributed by atoms with van der Waals surface area (Å²) in [6.07, 6.45) is 0.656. The van der Waals surface area contributed by atoms with Gasteiger partial charge in [-0.1, -0.05) is 6.92 Å². The first kappa shape index (κ1) is 15.7. The lowest BCUT2D eigenvalue weighted by Crippen LogP contribution is -2.07. The molecule has 1 aromatic carbocycles. The van der Waals surface area contributed by atoms with Crippen LogP contribution < -0.4 is 4.74 Å². The van der Waals surface area contributed by atoms with E-state index in [0.29, 0.717) is 18.5 Å². The minimum atomic E-state index is -4.01. The fourth-order valence-corrected chi connectivity index (χ4v) is 2.83. The number of nitrogens with zero attached hydrogens (tertiary/aromatic N) is 3. The maximum absolute atomic E-state index is 13.4. The molecule has 0 aliphatic rings. The minimum Gasteiger partial charge on any atom is -0.494 e. The molecule has 2 aromatic rings. The maximum Gasteiger partial charge on any atom is 0.296 e. The van der Waals surface area contributed by atoms with Crippen LogP contribution in [0.15, 0.2) is 23.4 Å². The second-order valence-electron chi connectivity index (χ2n) is 4.24. The third kappa shape index (κ3) is 3.16. The van der Waals surface area contributed by atoms with E-state index in [9.17, 15) is 12.8 Å². The molecule has 0 N–H and O–H groups in total. The van der Waals surface area contributed by atoms with Crippen molar-refractivity contribution in [3.05, 3.63) is 24.0 Å². The lowest BCUT2D eigenvalue weighted by Gasteiger charge is -2.09. The first-order valence-corrected chi connectivity index (χ1v) is 8.41. The molecule has 0 unspecified atom stereocenters. The fraction of sp³-hybridized carbons (Fsp3) is 0.333. The van der Waals surface area contributed by atoms with E-state index < -0.39 is 14.9 Å². The minimum absolute atomic E-state index is 0.0360. The van der Waals surface area contributed by atoms with Crippen molar-refractivity contribution in [3.63, 3.8) is 0 Å². The number of halogens is 2. The number of methoxy groups -OCH3 is 1. The molecule has 6 nitrogen and oxygen atoms in total. The number of aromatic nitrogens is 3. The molecule has 1 heterocycles. The van der Waals surface area contributed by atoms with Crippen LogP contribution in [-0.2, 0) is 15.6 Å². The molecule has 0 aliphatic heterocycles. The molecular formula is C12H13ClFN3O3S. The summed E-state index contributed by atoms with van der Waals surface area (Å²) in [5, 5.41) is 7.14. The van der Waals surface area contributed by atoms with Gasteiger partial charge < -0.3 is 4.74 Å². The number of benzene rings is 1. The highest BCUT2D eigenvalue weighted by Crippen LogP contribution is 2.27. The van der Waals surface area contributed by atoms with Crippen LogP contribution in [0.4, 0.5) is 4.39 Å². The summed E-state index contributed by atoms with van der Waals surface area (Å²) in [5.74, 6) is -0.198. The molecule has 0 amide bonds. The van der Waals surface area contributed by atoms with E-state index in [2.05, 4.69) is 10.2 Å². The Kier molecular flexibility index (Phi) is 4.48. The molecule has 0 saturated carbocycles. The molecule has 1 aromatic heterocycles. The number of rotatable bonds is 5. The van der Waals surface area contributed by atoms with E-state index >= 15 is 0 Å². The van der Waals surface area contributed by atoms with Gasteiger partial charge in [0.15, 0.2) is 17.4 Å². The zero-order valence-electron chi connectivity index (χ0n) is 11.4.